The number of hydrazine groups is 1. The van der Waals surface area contributed by atoms with E-state index >= 15 is 4.39 Å². The van der Waals surface area contributed by atoms with E-state index in [0.29, 0.717) is 30.2 Å². The summed E-state index contributed by atoms with van der Waals surface area (Å²) in [6.07, 6.45) is 5.00. The van der Waals surface area contributed by atoms with Gasteiger partial charge in [0.25, 0.3) is 0 Å². The highest BCUT2D eigenvalue weighted by Crippen LogP contribution is 2.41. The van der Waals surface area contributed by atoms with Crippen molar-refractivity contribution in [3.05, 3.63) is 71.3 Å². The Morgan fingerprint density at radius 3 is 2.55 bits per heavy atom. The van der Waals surface area contributed by atoms with Crippen molar-refractivity contribution in [2.75, 3.05) is 38.3 Å². The molecule has 2 fully saturated rings. The van der Waals surface area contributed by atoms with Crippen LogP contribution in [0.1, 0.15) is 49.8 Å². The number of benzene rings is 1. The summed E-state index contributed by atoms with van der Waals surface area (Å²) in [6, 6.07) is 15.2. The number of nitrogens with two attached hydrogens (primary N) is 2. The van der Waals surface area contributed by atoms with E-state index in [9.17, 15) is 5.26 Å². The fraction of sp³-hybridized carbons (Fsp3) is 0.406. The number of anilines is 1. The van der Waals surface area contributed by atoms with Crippen molar-refractivity contribution in [1.29, 1.82) is 5.26 Å². The number of allylic oxidation sites excluding steroid dienone is 1. The summed E-state index contributed by atoms with van der Waals surface area (Å²) in [5, 5.41) is 11.8. The number of nitriles is 1. The van der Waals surface area contributed by atoms with Crippen molar-refractivity contribution in [3.8, 4) is 6.07 Å². The number of aromatic nitrogens is 3. The molecule has 9 nitrogen and oxygen atoms in total. The molecule has 4 N–H and O–H groups in total. The first-order valence-corrected chi connectivity index (χ1v) is 14.6. The molecular formula is C32H37FN8O. The average Bonchev–Trinajstić information content (AvgIpc) is 3.31. The molecule has 1 atom stereocenters. The molecule has 6 rings (SSSR count). The number of hydrogen-bond acceptors (Lipinski definition) is 8. The van der Waals surface area contributed by atoms with Gasteiger partial charge in [0.2, 0.25) is 0 Å². The third-order valence-corrected chi connectivity index (χ3v) is 8.69. The maximum atomic E-state index is 15.7. The number of pyridine rings is 2. The number of halogens is 1. The van der Waals surface area contributed by atoms with Crippen molar-refractivity contribution < 1.29 is 9.13 Å². The largest absolute Gasteiger partial charge is 0.401 e. The molecule has 42 heavy (non-hydrogen) atoms. The lowest BCUT2D eigenvalue weighted by atomic mass is 9.86. The van der Waals surface area contributed by atoms with Crippen molar-refractivity contribution in [1.82, 2.24) is 19.5 Å². The maximum absolute atomic E-state index is 15.7. The van der Waals surface area contributed by atoms with E-state index in [1.54, 1.807) is 19.3 Å². The molecule has 1 aromatic carbocycles. The Morgan fingerprint density at radius 2 is 1.88 bits per heavy atom. The molecular weight excluding hydrogens is 531 g/mol. The van der Waals surface area contributed by atoms with Gasteiger partial charge in [-0.1, -0.05) is 18.2 Å². The van der Waals surface area contributed by atoms with Gasteiger partial charge in [0.05, 0.1) is 28.8 Å². The zero-order chi connectivity index (χ0) is 29.4. The van der Waals surface area contributed by atoms with E-state index in [-0.39, 0.29) is 23.7 Å². The van der Waals surface area contributed by atoms with Gasteiger partial charge >= 0.3 is 0 Å². The minimum absolute atomic E-state index is 0.0759. The van der Waals surface area contributed by atoms with Gasteiger partial charge in [-0.15, -0.1) is 0 Å². The van der Waals surface area contributed by atoms with Gasteiger partial charge in [-0.3, -0.25) is 4.98 Å². The zero-order valence-electron chi connectivity index (χ0n) is 24.1. The maximum Gasteiger partial charge on any atom is 0.145 e. The monoisotopic (exact) mass is 568 g/mol. The highest BCUT2D eigenvalue weighted by atomic mass is 19.1. The van der Waals surface area contributed by atoms with Gasteiger partial charge in [0.15, 0.2) is 0 Å². The third kappa shape index (κ3) is 5.03. The fourth-order valence-corrected chi connectivity index (χ4v) is 6.65. The van der Waals surface area contributed by atoms with Gasteiger partial charge in [-0.2, -0.15) is 5.26 Å². The van der Waals surface area contributed by atoms with Crippen LogP contribution in [0.3, 0.4) is 0 Å². The first-order valence-electron chi connectivity index (χ1n) is 14.6. The summed E-state index contributed by atoms with van der Waals surface area (Å²) >= 11 is 0. The van der Waals surface area contributed by atoms with Crippen LogP contribution in [0.25, 0.3) is 27.8 Å². The van der Waals surface area contributed by atoms with E-state index in [0.717, 1.165) is 72.2 Å². The lowest BCUT2D eigenvalue weighted by Crippen LogP contribution is -2.34. The Morgan fingerprint density at radius 1 is 1.14 bits per heavy atom. The normalized spacial score (nSPS) is 18.2. The van der Waals surface area contributed by atoms with Gasteiger partial charge in [0, 0.05) is 67.7 Å². The summed E-state index contributed by atoms with van der Waals surface area (Å²) in [5.41, 5.74) is 11.3. The number of rotatable bonds is 6. The van der Waals surface area contributed by atoms with Crippen LogP contribution in [-0.2, 0) is 4.74 Å². The Kier molecular flexibility index (Phi) is 7.71. The molecule has 2 saturated heterocycles. The Bertz CT molecular complexity index is 1670. The molecule has 10 heteroatoms. The van der Waals surface area contributed by atoms with E-state index < -0.39 is 0 Å². The number of piperidine rings is 1. The van der Waals surface area contributed by atoms with Crippen LogP contribution in [0, 0.1) is 29.0 Å². The molecule has 218 valence electrons. The smallest absolute Gasteiger partial charge is 0.145 e. The zero-order valence-corrected chi connectivity index (χ0v) is 24.1. The predicted molar refractivity (Wildman–Crippen MR) is 162 cm³/mol. The van der Waals surface area contributed by atoms with E-state index in [1.807, 2.05) is 31.2 Å². The van der Waals surface area contributed by atoms with Crippen LogP contribution in [0.15, 0.2) is 54.4 Å². The standard InChI is InChI=1S/C32H37FN8O/c1-20(35)30(39(2)36)23-17-27-29(37-19-23)25-7-8-28(40-13-9-21(18-34)10-14-40)38-32(25)41(27)31(22-11-15-42-16-12-22)24-5-3-4-6-26(24)33/h3-8,17,19,21-22,31H,9-16,35-36H2,1-2H3/b30-20-/t31-/m0/s1. The molecule has 2 aliphatic rings. The van der Waals surface area contributed by atoms with E-state index in [4.69, 9.17) is 26.3 Å². The molecule has 0 aliphatic carbocycles. The van der Waals surface area contributed by atoms with Crippen LogP contribution in [0.4, 0.5) is 10.2 Å². The van der Waals surface area contributed by atoms with Gasteiger partial charge in [-0.25, -0.2) is 15.2 Å². The van der Waals surface area contributed by atoms with Crippen LogP contribution in [-0.4, -0.2) is 52.9 Å². The SMILES string of the molecule is C/C(N)=C(\c1cnc2c3ccc(N4CCC(C#N)CC4)nc3n([C@H](c3ccccc3F)C3CCOCC3)c2c1)N(C)N. The molecule has 3 aromatic heterocycles. The average molecular weight is 569 g/mol. The second-order valence-electron chi connectivity index (χ2n) is 11.5. The first kappa shape index (κ1) is 27.9. The molecule has 0 saturated carbocycles. The number of hydrogen-bond donors (Lipinski definition) is 2. The van der Waals surface area contributed by atoms with Crippen LogP contribution < -0.4 is 16.5 Å². The van der Waals surface area contributed by atoms with Crippen LogP contribution >= 0.6 is 0 Å². The second kappa shape index (κ2) is 11.6. The van der Waals surface area contributed by atoms with Gasteiger partial charge in [0.1, 0.15) is 17.3 Å². The van der Waals surface area contributed by atoms with Crippen molar-refractivity contribution in [2.24, 2.45) is 23.4 Å². The van der Waals surface area contributed by atoms with Gasteiger partial charge < -0.3 is 24.9 Å². The van der Waals surface area contributed by atoms with Crippen LogP contribution in [0.5, 0.6) is 0 Å². The highest BCUT2D eigenvalue weighted by Gasteiger charge is 2.33. The van der Waals surface area contributed by atoms with E-state index in [2.05, 4.69) is 21.6 Å². The number of ether oxygens (including phenoxy) is 1. The molecule has 0 radical (unpaired) electrons. The second-order valence-corrected chi connectivity index (χ2v) is 11.5. The number of fused-ring (bicyclic) bond motifs is 3. The summed E-state index contributed by atoms with van der Waals surface area (Å²) in [7, 11) is 1.75. The van der Waals surface area contributed by atoms with Gasteiger partial charge in [-0.05, 0) is 62.8 Å². The predicted octanol–water partition coefficient (Wildman–Crippen LogP) is 4.93. The van der Waals surface area contributed by atoms with Crippen LogP contribution in [0.2, 0.25) is 0 Å². The molecule has 0 amide bonds. The topological polar surface area (TPSA) is 122 Å². The lowest BCUT2D eigenvalue weighted by Gasteiger charge is -2.33. The number of nitrogens with zero attached hydrogens (tertiary/aromatic N) is 6. The Hall–Kier alpha value is -4.20. The molecule has 0 spiro atoms. The molecule has 2 aliphatic heterocycles. The van der Waals surface area contributed by atoms with Crippen molar-refractivity contribution >= 4 is 33.6 Å². The summed E-state index contributed by atoms with van der Waals surface area (Å²) in [4.78, 5) is 12.4. The summed E-state index contributed by atoms with van der Waals surface area (Å²) in [5.74, 6) is 7.00. The minimum Gasteiger partial charge on any atom is -0.401 e. The first-order chi connectivity index (χ1) is 20.4. The molecule has 5 heterocycles. The lowest BCUT2D eigenvalue weighted by molar-refractivity contribution is 0.0548. The highest BCUT2D eigenvalue weighted by molar-refractivity contribution is 6.05. The quantitative estimate of drug-likeness (QED) is 0.248. The molecule has 0 bridgehead atoms. The Labute approximate surface area is 245 Å². The summed E-state index contributed by atoms with van der Waals surface area (Å²) < 4.78 is 23.6. The van der Waals surface area contributed by atoms with E-state index in [1.165, 1.54) is 11.1 Å². The minimum atomic E-state index is -0.332. The fourth-order valence-electron chi connectivity index (χ4n) is 6.65. The Balaban J connectivity index is 1.62. The molecule has 0 unspecified atom stereocenters. The van der Waals surface area contributed by atoms with Crippen molar-refractivity contribution in [3.63, 3.8) is 0 Å². The third-order valence-electron chi connectivity index (χ3n) is 8.69. The molecule has 4 aromatic rings. The van der Waals surface area contributed by atoms with Crippen molar-refractivity contribution in [2.45, 2.75) is 38.6 Å². The summed E-state index contributed by atoms with van der Waals surface area (Å²) in [6.45, 7) is 4.59.